The molecule has 0 aliphatic carbocycles. The molecule has 4 aromatic rings. The average molecular weight is 412 g/mol. The van der Waals surface area contributed by atoms with Crippen molar-refractivity contribution < 1.29 is 4.79 Å². The molecule has 1 aliphatic heterocycles. The molecule has 148 valence electrons. The van der Waals surface area contributed by atoms with Gasteiger partial charge in [0.05, 0.1) is 22.5 Å². The van der Waals surface area contributed by atoms with E-state index < -0.39 is 0 Å². The summed E-state index contributed by atoms with van der Waals surface area (Å²) < 4.78 is 0. The number of benzene rings is 3. The van der Waals surface area contributed by atoms with E-state index in [1.165, 1.54) is 22.9 Å². The lowest BCUT2D eigenvalue weighted by Crippen LogP contribution is -2.30. The smallest absolute Gasteiger partial charge is 0.237 e. The van der Waals surface area contributed by atoms with E-state index >= 15 is 0 Å². The van der Waals surface area contributed by atoms with Crippen LogP contribution >= 0.6 is 11.8 Å². The molecule has 0 spiro atoms. The number of hydrogen-bond acceptors (Lipinski definition) is 4. The van der Waals surface area contributed by atoms with E-state index in [2.05, 4.69) is 18.2 Å². The summed E-state index contributed by atoms with van der Waals surface area (Å²) in [5.74, 6) is 0.467. The lowest BCUT2D eigenvalue weighted by atomic mass is 10.1. The van der Waals surface area contributed by atoms with Crippen LogP contribution < -0.4 is 4.90 Å². The molecule has 0 unspecified atom stereocenters. The molecule has 1 aliphatic rings. The Morgan fingerprint density at radius 1 is 0.867 bits per heavy atom. The predicted octanol–water partition coefficient (Wildman–Crippen LogP) is 4.90. The number of rotatable bonds is 5. The van der Waals surface area contributed by atoms with Gasteiger partial charge in [0.2, 0.25) is 5.91 Å². The zero-order chi connectivity index (χ0) is 20.3. The average Bonchev–Trinajstić information content (AvgIpc) is 3.22. The number of thioether (sulfide) groups is 1. The maximum Gasteiger partial charge on any atom is 0.237 e. The molecule has 2 heterocycles. The molecule has 4 nitrogen and oxygen atoms in total. The molecule has 5 rings (SSSR count). The monoisotopic (exact) mass is 411 g/mol. The number of aromatic nitrogens is 2. The van der Waals surface area contributed by atoms with E-state index in [4.69, 9.17) is 9.97 Å². The maximum atomic E-state index is 13.0. The topological polar surface area (TPSA) is 46.1 Å². The van der Waals surface area contributed by atoms with E-state index in [1.54, 1.807) is 0 Å². The van der Waals surface area contributed by atoms with E-state index in [-0.39, 0.29) is 5.91 Å². The van der Waals surface area contributed by atoms with Crippen molar-refractivity contribution in [3.8, 4) is 0 Å². The summed E-state index contributed by atoms with van der Waals surface area (Å²) in [7, 11) is 0. The molecular formula is C25H21N3OS. The van der Waals surface area contributed by atoms with Gasteiger partial charge in [-0.3, -0.25) is 4.79 Å². The molecule has 0 radical (unpaired) electrons. The van der Waals surface area contributed by atoms with Crippen molar-refractivity contribution in [3.63, 3.8) is 0 Å². The van der Waals surface area contributed by atoms with Gasteiger partial charge in [0.15, 0.2) is 0 Å². The van der Waals surface area contributed by atoms with E-state index in [0.29, 0.717) is 12.2 Å². The van der Waals surface area contributed by atoms with Crippen LogP contribution in [0.5, 0.6) is 0 Å². The van der Waals surface area contributed by atoms with Crippen LogP contribution in [0.15, 0.2) is 83.9 Å². The molecule has 0 atom stereocenters. The lowest BCUT2D eigenvalue weighted by molar-refractivity contribution is -0.116. The highest BCUT2D eigenvalue weighted by Crippen LogP contribution is 2.30. The van der Waals surface area contributed by atoms with Gasteiger partial charge in [0.25, 0.3) is 0 Å². The Balaban J connectivity index is 1.40. The highest BCUT2D eigenvalue weighted by molar-refractivity contribution is 8.00. The van der Waals surface area contributed by atoms with E-state index in [1.807, 2.05) is 65.6 Å². The fourth-order valence-corrected chi connectivity index (χ4v) is 4.71. The van der Waals surface area contributed by atoms with Gasteiger partial charge >= 0.3 is 0 Å². The first-order chi connectivity index (χ1) is 14.8. The van der Waals surface area contributed by atoms with Gasteiger partial charge < -0.3 is 4.90 Å². The second-order valence-electron chi connectivity index (χ2n) is 7.34. The predicted molar refractivity (Wildman–Crippen MR) is 122 cm³/mol. The van der Waals surface area contributed by atoms with Gasteiger partial charge in [-0.25, -0.2) is 9.97 Å². The summed E-state index contributed by atoms with van der Waals surface area (Å²) in [5.41, 5.74) is 6.12. The summed E-state index contributed by atoms with van der Waals surface area (Å²) in [6, 6.07) is 26.3. The van der Waals surface area contributed by atoms with Crippen molar-refractivity contribution in [3.05, 3.63) is 95.7 Å². The van der Waals surface area contributed by atoms with Gasteiger partial charge in [-0.15, -0.1) is 0 Å². The van der Waals surface area contributed by atoms with Crippen LogP contribution in [0.25, 0.3) is 11.0 Å². The number of carbonyl (C=O) groups excluding carboxylic acids is 1. The summed E-state index contributed by atoms with van der Waals surface area (Å²) in [4.78, 5) is 24.6. The first-order valence-electron chi connectivity index (χ1n) is 10.1. The van der Waals surface area contributed by atoms with Crippen LogP contribution in [0.1, 0.15) is 16.8 Å². The number of para-hydroxylation sites is 3. The van der Waals surface area contributed by atoms with Crippen LogP contribution in [-0.4, -0.2) is 28.2 Å². The number of anilines is 1. The quantitative estimate of drug-likeness (QED) is 0.438. The zero-order valence-electron chi connectivity index (χ0n) is 16.5. The van der Waals surface area contributed by atoms with E-state index in [0.717, 1.165) is 40.4 Å². The normalized spacial score (nSPS) is 12.9. The minimum absolute atomic E-state index is 0.116. The van der Waals surface area contributed by atoms with Crippen molar-refractivity contribution in [2.75, 3.05) is 17.2 Å². The number of carbonyl (C=O) groups is 1. The zero-order valence-corrected chi connectivity index (χ0v) is 17.3. The molecule has 0 bridgehead atoms. The summed E-state index contributed by atoms with van der Waals surface area (Å²) in [5, 5.41) is 0.832. The van der Waals surface area contributed by atoms with E-state index in [9.17, 15) is 4.79 Å². The van der Waals surface area contributed by atoms with Gasteiger partial charge in [0, 0.05) is 18.7 Å². The molecular weight excluding hydrogens is 390 g/mol. The second kappa shape index (κ2) is 8.28. The second-order valence-corrected chi connectivity index (χ2v) is 8.30. The van der Waals surface area contributed by atoms with Gasteiger partial charge in [-0.2, -0.15) is 0 Å². The minimum atomic E-state index is 0.116. The Bertz CT molecular complexity index is 1210. The fourth-order valence-electron chi connectivity index (χ4n) is 3.85. The van der Waals surface area contributed by atoms with Crippen LogP contribution in [-0.2, 0) is 17.6 Å². The van der Waals surface area contributed by atoms with Crippen molar-refractivity contribution in [2.45, 2.75) is 17.9 Å². The van der Waals surface area contributed by atoms with Gasteiger partial charge in [-0.05, 0) is 35.7 Å². The van der Waals surface area contributed by atoms with Crippen LogP contribution in [0.4, 0.5) is 5.69 Å². The number of hydrogen-bond donors (Lipinski definition) is 0. The number of amides is 1. The standard InChI is InChI=1S/C25H21N3OS/c29-24(28-15-14-19-10-4-7-13-23(19)28)17-30-25-22(16-18-8-2-1-3-9-18)26-20-11-5-6-12-21(20)27-25/h1-13H,14-17H2. The van der Waals surface area contributed by atoms with Crippen molar-refractivity contribution in [1.82, 2.24) is 9.97 Å². The Labute approximate surface area is 180 Å². The lowest BCUT2D eigenvalue weighted by Gasteiger charge is -2.17. The van der Waals surface area contributed by atoms with Crippen LogP contribution in [0.3, 0.4) is 0 Å². The maximum absolute atomic E-state index is 13.0. The molecule has 0 saturated heterocycles. The Hall–Kier alpha value is -3.18. The molecule has 0 saturated carbocycles. The van der Waals surface area contributed by atoms with Crippen molar-refractivity contribution in [1.29, 1.82) is 0 Å². The number of fused-ring (bicyclic) bond motifs is 2. The first-order valence-corrected chi connectivity index (χ1v) is 11.1. The Morgan fingerprint density at radius 3 is 2.40 bits per heavy atom. The molecule has 30 heavy (non-hydrogen) atoms. The largest absolute Gasteiger partial charge is 0.311 e. The minimum Gasteiger partial charge on any atom is -0.311 e. The SMILES string of the molecule is O=C(CSc1nc2ccccc2nc1Cc1ccccc1)N1CCc2ccccc21. The van der Waals surface area contributed by atoms with Crippen molar-refractivity contribution >= 4 is 34.4 Å². The fraction of sp³-hybridized carbons (Fsp3) is 0.160. The molecule has 1 amide bonds. The third-order valence-electron chi connectivity index (χ3n) is 5.34. The van der Waals surface area contributed by atoms with Crippen molar-refractivity contribution in [2.24, 2.45) is 0 Å². The van der Waals surface area contributed by atoms with Gasteiger partial charge in [-0.1, -0.05) is 72.4 Å². The molecule has 3 aromatic carbocycles. The number of nitrogens with zero attached hydrogens (tertiary/aromatic N) is 3. The summed E-state index contributed by atoms with van der Waals surface area (Å²) in [6.45, 7) is 0.749. The van der Waals surface area contributed by atoms with Crippen LogP contribution in [0.2, 0.25) is 0 Å². The highest BCUT2D eigenvalue weighted by Gasteiger charge is 2.24. The Kier molecular flexibility index (Phi) is 5.20. The molecule has 0 N–H and O–H groups in total. The first kappa shape index (κ1) is 18.8. The Morgan fingerprint density at radius 2 is 1.57 bits per heavy atom. The highest BCUT2D eigenvalue weighted by atomic mass is 32.2. The molecule has 5 heteroatoms. The third kappa shape index (κ3) is 3.81. The summed E-state index contributed by atoms with van der Waals surface area (Å²) in [6.07, 6.45) is 1.61. The third-order valence-corrected chi connectivity index (χ3v) is 6.33. The molecule has 0 fully saturated rings. The van der Waals surface area contributed by atoms with Gasteiger partial charge in [0.1, 0.15) is 5.03 Å². The van der Waals surface area contributed by atoms with Crippen LogP contribution in [0, 0.1) is 0 Å². The molecule has 1 aromatic heterocycles. The summed E-state index contributed by atoms with van der Waals surface area (Å²) >= 11 is 1.49.